The number of nitrogens with zero attached hydrogens (tertiary/aromatic N) is 1. The molecule has 0 heterocycles. The average Bonchev–Trinajstić information content (AvgIpc) is 2.46. The number of anilines is 1. The normalized spacial score (nSPS) is 10.6. The second-order valence-electron chi connectivity index (χ2n) is 4.11. The molecule has 0 atom stereocenters. The van der Waals surface area contributed by atoms with Crippen molar-refractivity contribution in [2.45, 2.75) is 17.2 Å². The topological polar surface area (TPSA) is 55.2 Å². The lowest BCUT2D eigenvalue weighted by atomic mass is 10.2. The third-order valence-corrected chi connectivity index (χ3v) is 3.55. The third kappa shape index (κ3) is 4.16. The predicted molar refractivity (Wildman–Crippen MR) is 78.7 cm³/mol. The fraction of sp³-hybridized carbons (Fsp3) is 0.143. The molecule has 2 rings (SSSR count). The Balaban J connectivity index is 2.15. The van der Waals surface area contributed by atoms with Crippen LogP contribution < -0.4 is 5.32 Å². The first-order valence-electron chi connectivity index (χ1n) is 6.08. The Bertz CT molecular complexity index is 638. The molecular weight excluding hydrogens is 298 g/mol. The van der Waals surface area contributed by atoms with Crippen molar-refractivity contribution in [3.8, 4) is 0 Å². The Morgan fingerprint density at radius 2 is 1.81 bits per heavy atom. The van der Waals surface area contributed by atoms with Gasteiger partial charge in [-0.25, -0.2) is 0 Å². The highest BCUT2D eigenvalue weighted by atomic mass is 32.2. The van der Waals surface area contributed by atoms with Gasteiger partial charge in [0, 0.05) is 28.8 Å². The minimum absolute atomic E-state index is 0.00370. The summed E-state index contributed by atoms with van der Waals surface area (Å²) in [7, 11) is 0. The smallest absolute Gasteiger partial charge is 0.288 e. The minimum atomic E-state index is -2.51. The van der Waals surface area contributed by atoms with Crippen LogP contribution in [0.5, 0.6) is 0 Å². The maximum Gasteiger partial charge on any atom is 0.288 e. The highest BCUT2D eigenvalue weighted by molar-refractivity contribution is 7.99. The van der Waals surface area contributed by atoms with Crippen LogP contribution in [0.15, 0.2) is 53.4 Å². The van der Waals surface area contributed by atoms with E-state index in [4.69, 9.17) is 0 Å². The second kappa shape index (κ2) is 7.03. The Kier molecular flexibility index (Phi) is 5.10. The fourth-order valence-corrected chi connectivity index (χ4v) is 2.46. The number of alkyl halides is 2. The number of benzene rings is 2. The molecule has 0 spiro atoms. The van der Waals surface area contributed by atoms with Crippen LogP contribution in [0.1, 0.15) is 5.56 Å². The average molecular weight is 310 g/mol. The number of hydrogen-bond donors (Lipinski definition) is 1. The van der Waals surface area contributed by atoms with E-state index in [1.54, 1.807) is 42.5 Å². The number of thioether (sulfide) groups is 1. The van der Waals surface area contributed by atoms with E-state index in [0.29, 0.717) is 27.9 Å². The lowest BCUT2D eigenvalue weighted by Crippen LogP contribution is -2.04. The van der Waals surface area contributed by atoms with E-state index in [9.17, 15) is 18.9 Å². The molecular formula is C14H12F2N2O2S. The summed E-state index contributed by atoms with van der Waals surface area (Å²) in [6.45, 7) is 0.192. The van der Waals surface area contributed by atoms with Gasteiger partial charge >= 0.3 is 0 Å². The van der Waals surface area contributed by atoms with Gasteiger partial charge < -0.3 is 5.32 Å². The van der Waals surface area contributed by atoms with Crippen molar-refractivity contribution in [3.63, 3.8) is 0 Å². The molecule has 0 aliphatic carbocycles. The molecule has 0 aliphatic rings. The van der Waals surface area contributed by atoms with Gasteiger partial charge in [0.25, 0.3) is 11.4 Å². The highest BCUT2D eigenvalue weighted by Gasteiger charge is 2.13. The quantitative estimate of drug-likeness (QED) is 0.484. The molecule has 0 aliphatic heterocycles. The van der Waals surface area contributed by atoms with Gasteiger partial charge in [-0.1, -0.05) is 42.1 Å². The maximum absolute atomic E-state index is 12.5. The molecule has 0 unspecified atom stereocenters. The number of hydrogen-bond acceptors (Lipinski definition) is 4. The van der Waals surface area contributed by atoms with Gasteiger partial charge in [0.15, 0.2) is 0 Å². The molecule has 7 heteroatoms. The number of rotatable bonds is 6. The molecule has 0 aromatic heterocycles. The van der Waals surface area contributed by atoms with Crippen molar-refractivity contribution >= 4 is 23.1 Å². The standard InChI is InChI=1S/C14H12F2N2O2S/c15-14(16)21-13-8-4-2-6-11(13)17-9-10-5-1-3-7-12(10)18(19)20/h1-8,14,17H,9H2. The van der Waals surface area contributed by atoms with Crippen molar-refractivity contribution in [2.75, 3.05) is 5.32 Å². The molecule has 110 valence electrons. The van der Waals surface area contributed by atoms with Crippen LogP contribution in [0, 0.1) is 10.1 Å². The van der Waals surface area contributed by atoms with Crippen LogP contribution in [-0.4, -0.2) is 10.7 Å². The number of para-hydroxylation sites is 2. The lowest BCUT2D eigenvalue weighted by Gasteiger charge is -2.11. The van der Waals surface area contributed by atoms with E-state index in [1.165, 1.54) is 6.07 Å². The van der Waals surface area contributed by atoms with E-state index in [2.05, 4.69) is 5.32 Å². The van der Waals surface area contributed by atoms with Gasteiger partial charge in [0.2, 0.25) is 0 Å². The number of halogens is 2. The zero-order chi connectivity index (χ0) is 15.2. The molecule has 2 aromatic carbocycles. The number of nitro groups is 1. The van der Waals surface area contributed by atoms with Gasteiger partial charge in [-0.05, 0) is 12.1 Å². The van der Waals surface area contributed by atoms with E-state index in [1.807, 2.05) is 0 Å². The van der Waals surface area contributed by atoms with Crippen LogP contribution >= 0.6 is 11.8 Å². The Morgan fingerprint density at radius 1 is 1.14 bits per heavy atom. The summed E-state index contributed by atoms with van der Waals surface area (Å²) >= 11 is 0.441. The van der Waals surface area contributed by atoms with Crippen LogP contribution in [0.4, 0.5) is 20.2 Å². The van der Waals surface area contributed by atoms with E-state index >= 15 is 0 Å². The van der Waals surface area contributed by atoms with E-state index in [0.717, 1.165) is 0 Å². The summed E-state index contributed by atoms with van der Waals surface area (Å²) < 4.78 is 25.0. The first kappa shape index (κ1) is 15.2. The first-order chi connectivity index (χ1) is 10.1. The Labute approximate surface area is 124 Å². The predicted octanol–water partition coefficient (Wildman–Crippen LogP) is 4.52. The Hall–Kier alpha value is -2.15. The maximum atomic E-state index is 12.5. The van der Waals surface area contributed by atoms with Crippen molar-refractivity contribution in [1.82, 2.24) is 0 Å². The van der Waals surface area contributed by atoms with Crippen molar-refractivity contribution in [2.24, 2.45) is 0 Å². The number of nitro benzene ring substituents is 1. The largest absolute Gasteiger partial charge is 0.380 e. The summed E-state index contributed by atoms with van der Waals surface area (Å²) in [5.41, 5.74) is 1.03. The first-order valence-corrected chi connectivity index (χ1v) is 6.96. The van der Waals surface area contributed by atoms with Crippen molar-refractivity contribution in [3.05, 3.63) is 64.2 Å². The van der Waals surface area contributed by atoms with Crippen LogP contribution in [-0.2, 0) is 6.54 Å². The highest BCUT2D eigenvalue weighted by Crippen LogP contribution is 2.32. The molecule has 0 saturated heterocycles. The van der Waals surface area contributed by atoms with Crippen LogP contribution in [0.2, 0.25) is 0 Å². The summed E-state index contributed by atoms with van der Waals surface area (Å²) in [6.07, 6.45) is 0. The molecule has 4 nitrogen and oxygen atoms in total. The van der Waals surface area contributed by atoms with Crippen LogP contribution in [0.25, 0.3) is 0 Å². The molecule has 0 saturated carbocycles. The SMILES string of the molecule is O=[N+]([O-])c1ccccc1CNc1ccccc1SC(F)F. The van der Waals surface area contributed by atoms with Gasteiger partial charge in [-0.2, -0.15) is 8.78 Å². The van der Waals surface area contributed by atoms with Gasteiger partial charge in [0.1, 0.15) is 0 Å². The summed E-state index contributed by atoms with van der Waals surface area (Å²) in [4.78, 5) is 10.9. The minimum Gasteiger partial charge on any atom is -0.380 e. The molecule has 0 bridgehead atoms. The Morgan fingerprint density at radius 3 is 2.52 bits per heavy atom. The van der Waals surface area contributed by atoms with E-state index in [-0.39, 0.29) is 12.2 Å². The fourth-order valence-electron chi connectivity index (χ4n) is 1.84. The number of nitrogens with one attached hydrogen (secondary N) is 1. The van der Waals surface area contributed by atoms with E-state index < -0.39 is 10.7 Å². The van der Waals surface area contributed by atoms with Crippen molar-refractivity contribution in [1.29, 1.82) is 0 Å². The van der Waals surface area contributed by atoms with Crippen LogP contribution in [0.3, 0.4) is 0 Å². The summed E-state index contributed by atoms with van der Waals surface area (Å²) in [5.74, 6) is -2.51. The zero-order valence-corrected chi connectivity index (χ0v) is 11.6. The van der Waals surface area contributed by atoms with Gasteiger partial charge in [0.05, 0.1) is 4.92 Å². The molecule has 1 N–H and O–H groups in total. The van der Waals surface area contributed by atoms with Gasteiger partial charge in [-0.3, -0.25) is 10.1 Å². The summed E-state index contributed by atoms with van der Waals surface area (Å²) in [5, 5.41) is 13.9. The summed E-state index contributed by atoms with van der Waals surface area (Å²) in [6, 6.07) is 13.0. The molecule has 0 radical (unpaired) electrons. The van der Waals surface area contributed by atoms with Gasteiger partial charge in [-0.15, -0.1) is 0 Å². The molecule has 0 fully saturated rings. The molecule has 21 heavy (non-hydrogen) atoms. The molecule has 2 aromatic rings. The zero-order valence-electron chi connectivity index (χ0n) is 10.8. The second-order valence-corrected chi connectivity index (χ2v) is 5.15. The van der Waals surface area contributed by atoms with Crippen molar-refractivity contribution < 1.29 is 13.7 Å². The third-order valence-electron chi connectivity index (χ3n) is 2.76. The molecule has 0 amide bonds. The monoisotopic (exact) mass is 310 g/mol. The lowest BCUT2D eigenvalue weighted by molar-refractivity contribution is -0.385.